The number of carbonyl (C=O) groups is 1. The molecule has 0 spiro atoms. The molecule has 100 valence electrons. The van der Waals surface area contributed by atoms with Gasteiger partial charge in [0.25, 0.3) is 0 Å². The van der Waals surface area contributed by atoms with E-state index < -0.39 is 0 Å². The molecule has 1 rings (SSSR count). The van der Waals surface area contributed by atoms with Gasteiger partial charge in [0.2, 0.25) is 5.91 Å². The van der Waals surface area contributed by atoms with E-state index in [1.807, 2.05) is 14.0 Å². The molecule has 1 heterocycles. The van der Waals surface area contributed by atoms with Gasteiger partial charge < -0.3 is 15.1 Å². The zero-order valence-electron chi connectivity index (χ0n) is 11.7. The molecule has 1 saturated heterocycles. The minimum atomic E-state index is 0.186. The van der Waals surface area contributed by atoms with Gasteiger partial charge in [-0.2, -0.15) is 0 Å². The molecule has 4 nitrogen and oxygen atoms in total. The van der Waals surface area contributed by atoms with Gasteiger partial charge in [0.1, 0.15) is 0 Å². The fourth-order valence-electron chi connectivity index (χ4n) is 2.19. The summed E-state index contributed by atoms with van der Waals surface area (Å²) < 4.78 is 0. The van der Waals surface area contributed by atoms with Gasteiger partial charge in [0.05, 0.1) is 6.54 Å². The smallest absolute Gasteiger partial charge is 0.236 e. The van der Waals surface area contributed by atoms with E-state index in [2.05, 4.69) is 24.1 Å². The highest BCUT2D eigenvalue weighted by atomic mass is 16.2. The van der Waals surface area contributed by atoms with Crippen molar-refractivity contribution < 1.29 is 4.79 Å². The van der Waals surface area contributed by atoms with Crippen LogP contribution < -0.4 is 5.32 Å². The molecule has 1 aliphatic rings. The third-order valence-corrected chi connectivity index (χ3v) is 3.66. The summed E-state index contributed by atoms with van der Waals surface area (Å²) in [6.45, 7) is 11.1. The van der Waals surface area contributed by atoms with Gasteiger partial charge in [0.15, 0.2) is 0 Å². The minimum Gasteiger partial charge on any atom is -0.345 e. The zero-order chi connectivity index (χ0) is 12.8. The molecule has 0 aromatic carbocycles. The summed E-state index contributed by atoms with van der Waals surface area (Å²) in [5, 5.41) is 3.28. The van der Waals surface area contributed by atoms with Crippen molar-refractivity contribution in [2.24, 2.45) is 5.92 Å². The van der Waals surface area contributed by atoms with Crippen molar-refractivity contribution in [2.75, 3.05) is 39.8 Å². The Morgan fingerprint density at radius 1 is 1.53 bits per heavy atom. The second-order valence-electron chi connectivity index (χ2n) is 5.28. The molecule has 4 heteroatoms. The van der Waals surface area contributed by atoms with Crippen LogP contribution in [-0.4, -0.2) is 61.5 Å². The first-order valence-electron chi connectivity index (χ1n) is 6.73. The second kappa shape index (κ2) is 6.97. The van der Waals surface area contributed by atoms with E-state index in [0.29, 0.717) is 18.5 Å². The molecule has 0 aromatic heterocycles. The van der Waals surface area contributed by atoms with Crippen LogP contribution in [0.4, 0.5) is 0 Å². The second-order valence-corrected chi connectivity index (χ2v) is 5.28. The third-order valence-electron chi connectivity index (χ3n) is 3.66. The summed E-state index contributed by atoms with van der Waals surface area (Å²) in [6.07, 6.45) is 1.25. The Morgan fingerprint density at radius 3 is 2.76 bits per heavy atom. The van der Waals surface area contributed by atoms with Crippen LogP contribution in [0.5, 0.6) is 0 Å². The summed E-state index contributed by atoms with van der Waals surface area (Å²) in [5.74, 6) is 0.892. The third kappa shape index (κ3) is 4.64. The van der Waals surface area contributed by atoms with E-state index in [1.54, 1.807) is 4.90 Å². The average molecular weight is 241 g/mol. The van der Waals surface area contributed by atoms with Gasteiger partial charge in [0, 0.05) is 26.2 Å². The van der Waals surface area contributed by atoms with Gasteiger partial charge in [-0.15, -0.1) is 0 Å². The fraction of sp³-hybridized carbons (Fsp3) is 0.923. The molecule has 0 aromatic rings. The summed E-state index contributed by atoms with van der Waals surface area (Å²) in [6, 6.07) is 0.646. The van der Waals surface area contributed by atoms with E-state index >= 15 is 0 Å². The van der Waals surface area contributed by atoms with Crippen molar-refractivity contribution in [3.8, 4) is 0 Å². The lowest BCUT2D eigenvalue weighted by Crippen LogP contribution is -2.37. The monoisotopic (exact) mass is 241 g/mol. The van der Waals surface area contributed by atoms with Gasteiger partial charge in [-0.1, -0.05) is 0 Å². The van der Waals surface area contributed by atoms with Crippen molar-refractivity contribution in [3.05, 3.63) is 0 Å². The van der Waals surface area contributed by atoms with Crippen molar-refractivity contribution in [1.82, 2.24) is 15.1 Å². The number of amides is 1. The van der Waals surface area contributed by atoms with Crippen LogP contribution in [0, 0.1) is 5.92 Å². The largest absolute Gasteiger partial charge is 0.345 e. The Balaban J connectivity index is 2.14. The normalized spacial score (nSPS) is 21.1. The lowest BCUT2D eigenvalue weighted by atomic mass is 10.1. The van der Waals surface area contributed by atoms with E-state index in [4.69, 9.17) is 0 Å². The standard InChI is InChI=1S/C13H27N3O/c1-5-15(4)13(17)9-14-8-12-6-7-16(10-12)11(2)3/h11-12,14H,5-10H2,1-4H3. The molecule has 0 radical (unpaired) electrons. The molecule has 1 atom stereocenters. The molecule has 1 N–H and O–H groups in total. The maximum Gasteiger partial charge on any atom is 0.236 e. The topological polar surface area (TPSA) is 35.6 Å². The Kier molecular flexibility index (Phi) is 5.92. The summed E-state index contributed by atoms with van der Waals surface area (Å²) in [5.41, 5.74) is 0. The summed E-state index contributed by atoms with van der Waals surface area (Å²) >= 11 is 0. The molecule has 1 unspecified atom stereocenters. The van der Waals surface area contributed by atoms with Crippen molar-refractivity contribution >= 4 is 5.91 Å². The van der Waals surface area contributed by atoms with Gasteiger partial charge in [-0.05, 0) is 46.2 Å². The van der Waals surface area contributed by atoms with Gasteiger partial charge >= 0.3 is 0 Å². The molecule has 1 aliphatic heterocycles. The number of nitrogens with zero attached hydrogens (tertiary/aromatic N) is 2. The van der Waals surface area contributed by atoms with E-state index in [1.165, 1.54) is 19.5 Å². The highest BCUT2D eigenvalue weighted by Crippen LogP contribution is 2.17. The Labute approximate surface area is 105 Å². The predicted octanol–water partition coefficient (Wildman–Crippen LogP) is 0.785. The van der Waals surface area contributed by atoms with Crippen LogP contribution in [-0.2, 0) is 4.79 Å². The molecule has 0 bridgehead atoms. The first-order valence-corrected chi connectivity index (χ1v) is 6.73. The van der Waals surface area contributed by atoms with E-state index in [0.717, 1.165) is 13.1 Å². The minimum absolute atomic E-state index is 0.186. The van der Waals surface area contributed by atoms with Crippen LogP contribution >= 0.6 is 0 Å². The first kappa shape index (κ1) is 14.5. The molecule has 0 saturated carbocycles. The quantitative estimate of drug-likeness (QED) is 0.746. The summed E-state index contributed by atoms with van der Waals surface area (Å²) in [4.78, 5) is 15.8. The fourth-order valence-corrected chi connectivity index (χ4v) is 2.19. The van der Waals surface area contributed by atoms with E-state index in [9.17, 15) is 4.79 Å². The highest BCUT2D eigenvalue weighted by Gasteiger charge is 2.23. The average Bonchev–Trinajstić information content (AvgIpc) is 2.76. The predicted molar refractivity (Wildman–Crippen MR) is 71.0 cm³/mol. The maximum atomic E-state index is 11.6. The number of hydrogen-bond donors (Lipinski definition) is 1. The van der Waals surface area contributed by atoms with Gasteiger partial charge in [-0.25, -0.2) is 0 Å². The molecule has 1 amide bonds. The maximum absolute atomic E-state index is 11.6. The van der Waals surface area contributed by atoms with Crippen LogP contribution in [0.25, 0.3) is 0 Å². The number of likely N-dealkylation sites (N-methyl/N-ethyl adjacent to an activating group) is 1. The lowest BCUT2D eigenvalue weighted by Gasteiger charge is -2.20. The van der Waals surface area contributed by atoms with Gasteiger partial charge in [-0.3, -0.25) is 4.79 Å². The van der Waals surface area contributed by atoms with Crippen LogP contribution in [0.1, 0.15) is 27.2 Å². The first-order chi connectivity index (χ1) is 8.04. The van der Waals surface area contributed by atoms with Crippen molar-refractivity contribution in [1.29, 1.82) is 0 Å². The Morgan fingerprint density at radius 2 is 2.24 bits per heavy atom. The molecule has 1 fully saturated rings. The van der Waals surface area contributed by atoms with Crippen LogP contribution in [0.15, 0.2) is 0 Å². The van der Waals surface area contributed by atoms with Crippen molar-refractivity contribution in [3.63, 3.8) is 0 Å². The number of hydrogen-bond acceptors (Lipinski definition) is 3. The zero-order valence-corrected chi connectivity index (χ0v) is 11.7. The number of carbonyl (C=O) groups excluding carboxylic acids is 1. The number of likely N-dealkylation sites (tertiary alicyclic amines) is 1. The molecule has 17 heavy (non-hydrogen) atoms. The SMILES string of the molecule is CCN(C)C(=O)CNCC1CCN(C(C)C)C1. The molecular formula is C13H27N3O. The highest BCUT2D eigenvalue weighted by molar-refractivity contribution is 5.77. The van der Waals surface area contributed by atoms with Crippen LogP contribution in [0.3, 0.4) is 0 Å². The number of rotatable bonds is 6. The number of nitrogens with one attached hydrogen (secondary N) is 1. The Bertz CT molecular complexity index is 243. The molecular weight excluding hydrogens is 214 g/mol. The Hall–Kier alpha value is -0.610. The van der Waals surface area contributed by atoms with E-state index in [-0.39, 0.29) is 5.91 Å². The molecule has 0 aliphatic carbocycles. The van der Waals surface area contributed by atoms with Crippen LogP contribution in [0.2, 0.25) is 0 Å². The summed E-state index contributed by atoms with van der Waals surface area (Å²) in [7, 11) is 1.85. The van der Waals surface area contributed by atoms with Crippen molar-refractivity contribution in [2.45, 2.75) is 33.2 Å². The lowest BCUT2D eigenvalue weighted by molar-refractivity contribution is -0.128.